The maximum absolute atomic E-state index is 5.32. The summed E-state index contributed by atoms with van der Waals surface area (Å²) in [5.74, 6) is 2.18. The first-order chi connectivity index (χ1) is 13.3. The second kappa shape index (κ2) is 7.71. The number of fused-ring (bicyclic) bond motifs is 1. The summed E-state index contributed by atoms with van der Waals surface area (Å²) in [5.41, 5.74) is 6.68. The predicted molar refractivity (Wildman–Crippen MR) is 111 cm³/mol. The molecule has 0 N–H and O–H groups in total. The van der Waals surface area contributed by atoms with Crippen LogP contribution in [-0.2, 0) is 0 Å². The van der Waals surface area contributed by atoms with Crippen molar-refractivity contribution < 1.29 is 9.47 Å². The van der Waals surface area contributed by atoms with Gasteiger partial charge in [-0.1, -0.05) is 54.6 Å². The molecular weight excluding hydrogens is 332 g/mol. The Balaban J connectivity index is 1.70. The van der Waals surface area contributed by atoms with Crippen LogP contribution in [0, 0.1) is 0 Å². The van der Waals surface area contributed by atoms with Crippen molar-refractivity contribution in [2.45, 2.75) is 18.8 Å². The van der Waals surface area contributed by atoms with E-state index in [2.05, 4.69) is 66.7 Å². The van der Waals surface area contributed by atoms with Gasteiger partial charge in [0, 0.05) is 5.92 Å². The molecule has 0 fully saturated rings. The largest absolute Gasteiger partial charge is 0.497 e. The third-order valence-corrected chi connectivity index (χ3v) is 5.38. The smallest absolute Gasteiger partial charge is 0.118 e. The molecule has 0 aromatic heterocycles. The molecule has 4 rings (SSSR count). The predicted octanol–water partition coefficient (Wildman–Crippen LogP) is 6.17. The average molecular weight is 356 g/mol. The Kier molecular flexibility index (Phi) is 4.97. The van der Waals surface area contributed by atoms with Crippen LogP contribution < -0.4 is 9.47 Å². The zero-order valence-electron chi connectivity index (χ0n) is 15.8. The van der Waals surface area contributed by atoms with Crippen molar-refractivity contribution in [1.29, 1.82) is 0 Å². The van der Waals surface area contributed by atoms with Crippen molar-refractivity contribution in [3.8, 4) is 11.5 Å². The molecule has 0 bridgehead atoms. The standard InChI is InChI=1S/C25H24O2/c1-26-22-12-7-18(8-13-22)20-11-16-25(19-9-14-23(27-2)15-10-19)24-6-4-3-5-21(24)17-20/h3-10,12-15,17,25H,11,16H2,1-2H3. The summed E-state index contributed by atoms with van der Waals surface area (Å²) >= 11 is 0. The molecule has 0 aliphatic heterocycles. The summed E-state index contributed by atoms with van der Waals surface area (Å²) in [6.07, 6.45) is 4.47. The highest BCUT2D eigenvalue weighted by Crippen LogP contribution is 2.39. The Hall–Kier alpha value is -3.00. The monoisotopic (exact) mass is 356 g/mol. The number of allylic oxidation sites excluding steroid dienone is 1. The molecule has 0 saturated heterocycles. The van der Waals surface area contributed by atoms with Gasteiger partial charge in [-0.3, -0.25) is 0 Å². The fourth-order valence-corrected chi connectivity index (χ4v) is 3.89. The van der Waals surface area contributed by atoms with Crippen LogP contribution in [0.1, 0.15) is 41.0 Å². The van der Waals surface area contributed by atoms with Gasteiger partial charge in [-0.05, 0) is 64.9 Å². The Bertz CT molecular complexity index is 937. The van der Waals surface area contributed by atoms with Crippen molar-refractivity contribution in [1.82, 2.24) is 0 Å². The Morgan fingerprint density at radius 3 is 2.04 bits per heavy atom. The van der Waals surface area contributed by atoms with E-state index in [0.29, 0.717) is 5.92 Å². The van der Waals surface area contributed by atoms with Crippen LogP contribution in [0.5, 0.6) is 11.5 Å². The number of hydrogen-bond acceptors (Lipinski definition) is 2. The van der Waals surface area contributed by atoms with Crippen LogP contribution in [0.15, 0.2) is 72.8 Å². The number of hydrogen-bond donors (Lipinski definition) is 0. The SMILES string of the molecule is COc1ccc(C2=Cc3ccccc3C(c3ccc(OC)cc3)CC2)cc1. The summed E-state index contributed by atoms with van der Waals surface area (Å²) in [6.45, 7) is 0. The molecule has 0 amide bonds. The van der Waals surface area contributed by atoms with Crippen LogP contribution in [0.2, 0.25) is 0 Å². The van der Waals surface area contributed by atoms with Gasteiger partial charge in [-0.25, -0.2) is 0 Å². The van der Waals surface area contributed by atoms with Gasteiger partial charge < -0.3 is 9.47 Å². The number of benzene rings is 3. The molecule has 0 saturated carbocycles. The van der Waals surface area contributed by atoms with Crippen molar-refractivity contribution in [2.75, 3.05) is 14.2 Å². The molecule has 0 spiro atoms. The van der Waals surface area contributed by atoms with Gasteiger partial charge in [0.15, 0.2) is 0 Å². The fourth-order valence-electron chi connectivity index (χ4n) is 3.89. The van der Waals surface area contributed by atoms with Gasteiger partial charge in [0.25, 0.3) is 0 Å². The summed E-state index contributed by atoms with van der Waals surface area (Å²) in [5, 5.41) is 0. The minimum atomic E-state index is 0.388. The second-order valence-electron chi connectivity index (χ2n) is 6.89. The Morgan fingerprint density at radius 1 is 0.741 bits per heavy atom. The molecule has 27 heavy (non-hydrogen) atoms. The van der Waals surface area contributed by atoms with Crippen molar-refractivity contribution in [3.05, 3.63) is 95.1 Å². The maximum atomic E-state index is 5.32. The van der Waals surface area contributed by atoms with E-state index in [1.165, 1.54) is 27.8 Å². The molecule has 1 aliphatic carbocycles. The van der Waals surface area contributed by atoms with E-state index in [-0.39, 0.29) is 0 Å². The molecule has 3 aromatic carbocycles. The summed E-state index contributed by atoms with van der Waals surface area (Å²) in [7, 11) is 3.41. The van der Waals surface area contributed by atoms with E-state index in [1.807, 2.05) is 12.1 Å². The summed E-state index contributed by atoms with van der Waals surface area (Å²) in [4.78, 5) is 0. The molecule has 1 unspecified atom stereocenters. The van der Waals surface area contributed by atoms with Crippen molar-refractivity contribution >= 4 is 11.6 Å². The van der Waals surface area contributed by atoms with E-state index in [4.69, 9.17) is 9.47 Å². The lowest BCUT2D eigenvalue weighted by Crippen LogP contribution is -2.02. The molecule has 2 nitrogen and oxygen atoms in total. The zero-order chi connectivity index (χ0) is 18.6. The molecule has 0 heterocycles. The highest BCUT2D eigenvalue weighted by Gasteiger charge is 2.21. The van der Waals surface area contributed by atoms with E-state index >= 15 is 0 Å². The van der Waals surface area contributed by atoms with E-state index in [1.54, 1.807) is 14.2 Å². The highest BCUT2D eigenvalue weighted by molar-refractivity contribution is 5.83. The van der Waals surface area contributed by atoms with E-state index in [0.717, 1.165) is 24.3 Å². The van der Waals surface area contributed by atoms with Gasteiger partial charge in [0.2, 0.25) is 0 Å². The number of ether oxygens (including phenoxy) is 2. The van der Waals surface area contributed by atoms with Gasteiger partial charge >= 0.3 is 0 Å². The van der Waals surface area contributed by atoms with Gasteiger partial charge in [-0.15, -0.1) is 0 Å². The van der Waals surface area contributed by atoms with Gasteiger partial charge in [0.05, 0.1) is 14.2 Å². The number of rotatable bonds is 4. The lowest BCUT2D eigenvalue weighted by atomic mass is 9.86. The normalized spacial score (nSPS) is 16.1. The quantitative estimate of drug-likeness (QED) is 0.556. The third kappa shape index (κ3) is 3.61. The average Bonchev–Trinajstić information content (AvgIpc) is 2.94. The summed E-state index contributed by atoms with van der Waals surface area (Å²) < 4.78 is 10.6. The first-order valence-electron chi connectivity index (χ1n) is 9.36. The van der Waals surface area contributed by atoms with Crippen molar-refractivity contribution in [3.63, 3.8) is 0 Å². The van der Waals surface area contributed by atoms with Crippen LogP contribution in [-0.4, -0.2) is 14.2 Å². The van der Waals surface area contributed by atoms with E-state index in [9.17, 15) is 0 Å². The molecule has 136 valence electrons. The Morgan fingerprint density at radius 2 is 1.37 bits per heavy atom. The third-order valence-electron chi connectivity index (χ3n) is 5.38. The van der Waals surface area contributed by atoms with Crippen LogP contribution in [0.4, 0.5) is 0 Å². The van der Waals surface area contributed by atoms with Crippen LogP contribution >= 0.6 is 0 Å². The minimum absolute atomic E-state index is 0.388. The molecule has 1 atom stereocenters. The fraction of sp³-hybridized carbons (Fsp3) is 0.200. The maximum Gasteiger partial charge on any atom is 0.118 e. The first kappa shape index (κ1) is 17.4. The second-order valence-corrected chi connectivity index (χ2v) is 6.89. The highest BCUT2D eigenvalue weighted by atomic mass is 16.5. The van der Waals surface area contributed by atoms with Crippen molar-refractivity contribution in [2.24, 2.45) is 0 Å². The molecule has 1 aliphatic rings. The number of methoxy groups -OCH3 is 2. The van der Waals surface area contributed by atoms with Crippen LogP contribution in [0.25, 0.3) is 11.6 Å². The molecule has 0 radical (unpaired) electrons. The summed E-state index contributed by atoms with van der Waals surface area (Å²) in [6, 6.07) is 25.6. The Labute approximate surface area is 161 Å². The molecule has 3 aromatic rings. The zero-order valence-corrected chi connectivity index (χ0v) is 15.8. The first-order valence-corrected chi connectivity index (χ1v) is 9.36. The van der Waals surface area contributed by atoms with Crippen LogP contribution in [0.3, 0.4) is 0 Å². The molecular formula is C25H24O2. The van der Waals surface area contributed by atoms with Gasteiger partial charge in [0.1, 0.15) is 11.5 Å². The minimum Gasteiger partial charge on any atom is -0.497 e. The van der Waals surface area contributed by atoms with E-state index < -0.39 is 0 Å². The lowest BCUT2D eigenvalue weighted by molar-refractivity contribution is 0.414. The topological polar surface area (TPSA) is 18.5 Å². The molecule has 2 heteroatoms. The lowest BCUT2D eigenvalue weighted by Gasteiger charge is -2.18. The van der Waals surface area contributed by atoms with Gasteiger partial charge in [-0.2, -0.15) is 0 Å².